The fraction of sp³-hybridized carbons (Fsp3) is 0.583. The van der Waals surface area contributed by atoms with E-state index < -0.39 is 0 Å². The smallest absolute Gasteiger partial charge is 0.278 e. The number of aryl methyl sites for hydroxylation is 1. The minimum absolute atomic E-state index is 0.153. The van der Waals surface area contributed by atoms with E-state index in [9.17, 15) is 15.2 Å². The standard InChI is InChI=1S/C12H17N3O3/c1-8-5-13-11(9(2)12(8)15(17)18)7-14-4-3-10(16)6-14/h5,10,16H,3-4,6-7H2,1-2H3. The van der Waals surface area contributed by atoms with E-state index in [1.165, 1.54) is 0 Å². The van der Waals surface area contributed by atoms with Crippen LogP contribution in [0.25, 0.3) is 0 Å². The van der Waals surface area contributed by atoms with E-state index in [4.69, 9.17) is 0 Å². The van der Waals surface area contributed by atoms with Crippen molar-refractivity contribution in [3.05, 3.63) is 33.1 Å². The topological polar surface area (TPSA) is 79.5 Å². The molecule has 2 rings (SSSR count). The Balaban J connectivity index is 2.24. The highest BCUT2D eigenvalue weighted by Crippen LogP contribution is 2.25. The van der Waals surface area contributed by atoms with E-state index in [1.54, 1.807) is 20.0 Å². The molecule has 1 saturated heterocycles. The van der Waals surface area contributed by atoms with Crippen LogP contribution in [0.15, 0.2) is 6.20 Å². The summed E-state index contributed by atoms with van der Waals surface area (Å²) in [5.74, 6) is 0. The van der Waals surface area contributed by atoms with E-state index in [0.29, 0.717) is 24.2 Å². The molecule has 18 heavy (non-hydrogen) atoms. The van der Waals surface area contributed by atoms with Gasteiger partial charge in [-0.1, -0.05) is 0 Å². The number of aliphatic hydroxyl groups is 1. The average molecular weight is 251 g/mol. The normalized spacial score (nSPS) is 20.3. The molecule has 0 saturated carbocycles. The molecule has 0 amide bonds. The van der Waals surface area contributed by atoms with Crippen LogP contribution in [0, 0.1) is 24.0 Å². The van der Waals surface area contributed by atoms with Crippen molar-refractivity contribution in [3.63, 3.8) is 0 Å². The Morgan fingerprint density at radius 2 is 2.33 bits per heavy atom. The van der Waals surface area contributed by atoms with Gasteiger partial charge in [0.2, 0.25) is 0 Å². The number of β-amino-alcohol motifs (C(OH)–C–C–N with tert-alkyl or cyclic N) is 1. The SMILES string of the molecule is Cc1cnc(CN2CCC(O)C2)c(C)c1[N+](=O)[O-]. The lowest BCUT2D eigenvalue weighted by Gasteiger charge is -2.16. The molecule has 1 unspecified atom stereocenters. The number of nitrogens with zero attached hydrogens (tertiary/aromatic N) is 3. The Hall–Kier alpha value is -1.53. The Morgan fingerprint density at radius 1 is 1.61 bits per heavy atom. The zero-order valence-electron chi connectivity index (χ0n) is 10.6. The molecular formula is C12H17N3O3. The molecule has 2 heterocycles. The first kappa shape index (κ1) is 12.9. The van der Waals surface area contributed by atoms with Crippen LogP contribution in [-0.2, 0) is 6.54 Å². The second kappa shape index (κ2) is 4.99. The summed E-state index contributed by atoms with van der Waals surface area (Å²) in [6.07, 6.45) is 2.02. The van der Waals surface area contributed by atoms with Crippen molar-refractivity contribution in [2.24, 2.45) is 0 Å². The van der Waals surface area contributed by atoms with Gasteiger partial charge < -0.3 is 5.11 Å². The van der Waals surface area contributed by atoms with Gasteiger partial charge in [-0.05, 0) is 20.3 Å². The fourth-order valence-electron chi connectivity index (χ4n) is 2.37. The molecule has 1 atom stereocenters. The summed E-state index contributed by atoms with van der Waals surface area (Å²) >= 11 is 0. The van der Waals surface area contributed by atoms with E-state index >= 15 is 0 Å². The first-order valence-electron chi connectivity index (χ1n) is 5.99. The van der Waals surface area contributed by atoms with E-state index in [1.807, 2.05) is 0 Å². The zero-order chi connectivity index (χ0) is 13.3. The second-order valence-electron chi connectivity index (χ2n) is 4.80. The molecule has 0 aliphatic carbocycles. The number of likely N-dealkylation sites (tertiary alicyclic amines) is 1. The molecule has 1 aliphatic heterocycles. The molecule has 1 aromatic heterocycles. The minimum Gasteiger partial charge on any atom is -0.392 e. The van der Waals surface area contributed by atoms with Crippen molar-refractivity contribution in [1.29, 1.82) is 0 Å². The van der Waals surface area contributed by atoms with Crippen LogP contribution in [0.3, 0.4) is 0 Å². The van der Waals surface area contributed by atoms with Gasteiger partial charge in [-0.15, -0.1) is 0 Å². The lowest BCUT2D eigenvalue weighted by Crippen LogP contribution is -2.22. The first-order chi connectivity index (χ1) is 8.49. The summed E-state index contributed by atoms with van der Waals surface area (Å²) in [7, 11) is 0. The minimum atomic E-state index is -0.353. The summed E-state index contributed by atoms with van der Waals surface area (Å²) in [5, 5.41) is 20.5. The van der Waals surface area contributed by atoms with Crippen molar-refractivity contribution in [2.45, 2.75) is 32.9 Å². The Kier molecular flexibility index (Phi) is 3.58. The van der Waals surface area contributed by atoms with Gasteiger partial charge in [-0.25, -0.2) is 0 Å². The average Bonchev–Trinajstić information content (AvgIpc) is 2.68. The molecule has 6 heteroatoms. The quantitative estimate of drug-likeness (QED) is 0.644. The van der Waals surface area contributed by atoms with Crippen molar-refractivity contribution < 1.29 is 10.0 Å². The van der Waals surface area contributed by atoms with Crippen LogP contribution in [0.2, 0.25) is 0 Å². The number of aromatic nitrogens is 1. The monoisotopic (exact) mass is 251 g/mol. The lowest BCUT2D eigenvalue weighted by molar-refractivity contribution is -0.386. The Labute approximate surface area is 105 Å². The predicted molar refractivity (Wildman–Crippen MR) is 66.3 cm³/mol. The zero-order valence-corrected chi connectivity index (χ0v) is 10.6. The summed E-state index contributed by atoms with van der Waals surface area (Å²) in [6.45, 7) is 5.41. The molecule has 1 aromatic rings. The van der Waals surface area contributed by atoms with Gasteiger partial charge in [0, 0.05) is 37.0 Å². The van der Waals surface area contributed by atoms with Gasteiger partial charge in [0.15, 0.2) is 0 Å². The molecule has 0 radical (unpaired) electrons. The van der Waals surface area contributed by atoms with Gasteiger partial charge in [-0.2, -0.15) is 0 Å². The molecule has 0 bridgehead atoms. The maximum atomic E-state index is 11.0. The van der Waals surface area contributed by atoms with Gasteiger partial charge in [0.05, 0.1) is 16.7 Å². The van der Waals surface area contributed by atoms with Crippen LogP contribution in [0.4, 0.5) is 5.69 Å². The summed E-state index contributed by atoms with van der Waals surface area (Å²) in [6, 6.07) is 0. The fourth-order valence-corrected chi connectivity index (χ4v) is 2.37. The molecule has 1 N–H and O–H groups in total. The summed E-state index contributed by atoms with van der Waals surface area (Å²) in [4.78, 5) is 17.0. The summed E-state index contributed by atoms with van der Waals surface area (Å²) < 4.78 is 0. The first-order valence-corrected chi connectivity index (χ1v) is 5.99. The van der Waals surface area contributed by atoms with Crippen LogP contribution >= 0.6 is 0 Å². The number of aliphatic hydroxyl groups excluding tert-OH is 1. The van der Waals surface area contributed by atoms with Crippen molar-refractivity contribution in [2.75, 3.05) is 13.1 Å². The molecular weight excluding hydrogens is 234 g/mol. The van der Waals surface area contributed by atoms with E-state index in [0.717, 1.165) is 18.7 Å². The molecule has 6 nitrogen and oxygen atoms in total. The third kappa shape index (κ3) is 2.49. The molecule has 1 aliphatic rings. The van der Waals surface area contributed by atoms with Crippen molar-refractivity contribution >= 4 is 5.69 Å². The summed E-state index contributed by atoms with van der Waals surface area (Å²) in [5.41, 5.74) is 2.09. The number of hydrogen-bond acceptors (Lipinski definition) is 5. The largest absolute Gasteiger partial charge is 0.392 e. The Morgan fingerprint density at radius 3 is 2.89 bits per heavy atom. The van der Waals surface area contributed by atoms with Gasteiger partial charge >= 0.3 is 0 Å². The van der Waals surface area contributed by atoms with Gasteiger partial charge in [0.1, 0.15) is 0 Å². The predicted octanol–water partition coefficient (Wildman–Crippen LogP) is 1.17. The molecule has 0 aromatic carbocycles. The van der Waals surface area contributed by atoms with E-state index in [-0.39, 0.29) is 16.7 Å². The van der Waals surface area contributed by atoms with Crippen molar-refractivity contribution in [3.8, 4) is 0 Å². The van der Waals surface area contributed by atoms with Crippen LogP contribution in [-0.4, -0.2) is 39.1 Å². The van der Waals surface area contributed by atoms with Gasteiger partial charge in [0.25, 0.3) is 5.69 Å². The van der Waals surface area contributed by atoms with Crippen LogP contribution in [0.5, 0.6) is 0 Å². The maximum absolute atomic E-state index is 11.0. The highest BCUT2D eigenvalue weighted by molar-refractivity contribution is 5.47. The van der Waals surface area contributed by atoms with Crippen LogP contribution < -0.4 is 0 Å². The van der Waals surface area contributed by atoms with Gasteiger partial charge in [-0.3, -0.25) is 20.0 Å². The number of pyridine rings is 1. The molecule has 0 spiro atoms. The molecule has 1 fully saturated rings. The van der Waals surface area contributed by atoms with Crippen LogP contribution in [0.1, 0.15) is 23.2 Å². The highest BCUT2D eigenvalue weighted by Gasteiger charge is 2.24. The third-order valence-electron chi connectivity index (χ3n) is 3.38. The third-order valence-corrected chi connectivity index (χ3v) is 3.38. The van der Waals surface area contributed by atoms with E-state index in [2.05, 4.69) is 9.88 Å². The Bertz CT molecular complexity index is 476. The number of nitro groups is 1. The number of hydrogen-bond donors (Lipinski definition) is 1. The highest BCUT2D eigenvalue weighted by atomic mass is 16.6. The maximum Gasteiger partial charge on any atom is 0.278 e. The van der Waals surface area contributed by atoms with Crippen molar-refractivity contribution in [1.82, 2.24) is 9.88 Å². The lowest BCUT2D eigenvalue weighted by atomic mass is 10.1. The molecule has 98 valence electrons. The number of rotatable bonds is 3. The second-order valence-corrected chi connectivity index (χ2v) is 4.80.